The van der Waals surface area contributed by atoms with E-state index < -0.39 is 0 Å². The molecule has 0 radical (unpaired) electrons. The molecular weight excluding hydrogens is 228 g/mol. The van der Waals surface area contributed by atoms with Gasteiger partial charge in [-0.3, -0.25) is 9.36 Å². The lowest BCUT2D eigenvalue weighted by molar-refractivity contribution is 0.545. The van der Waals surface area contributed by atoms with Gasteiger partial charge in [0.25, 0.3) is 5.56 Å². The third kappa shape index (κ3) is 2.01. The van der Waals surface area contributed by atoms with Crippen molar-refractivity contribution in [3.63, 3.8) is 0 Å². The molecule has 0 saturated heterocycles. The number of hydrogen-bond donors (Lipinski definition) is 0. The Morgan fingerprint density at radius 1 is 1.11 bits per heavy atom. The first-order valence-corrected chi connectivity index (χ1v) is 5.86. The predicted octanol–water partition coefficient (Wildman–Crippen LogP) is 1.46. The third-order valence-corrected chi connectivity index (χ3v) is 3.12. The molecule has 2 rings (SSSR count). The number of aryl methyl sites for hydroxylation is 2. The van der Waals surface area contributed by atoms with Crippen molar-refractivity contribution in [3.8, 4) is 0 Å². The van der Waals surface area contributed by atoms with Gasteiger partial charge in [-0.25, -0.2) is 4.79 Å². The quantitative estimate of drug-likeness (QED) is 0.803. The number of rotatable bonds is 2. The van der Waals surface area contributed by atoms with Crippen LogP contribution in [0.25, 0.3) is 0 Å². The number of nitrogens with zero attached hydrogens (tertiary/aromatic N) is 2. The van der Waals surface area contributed by atoms with Crippen LogP contribution in [-0.2, 0) is 7.05 Å². The molecular formula is C14H16N2O2. The van der Waals surface area contributed by atoms with Crippen molar-refractivity contribution < 1.29 is 0 Å². The molecule has 94 valence electrons. The maximum absolute atomic E-state index is 12.1. The van der Waals surface area contributed by atoms with Gasteiger partial charge in [-0.1, -0.05) is 30.3 Å². The molecule has 0 aliphatic carbocycles. The fourth-order valence-electron chi connectivity index (χ4n) is 2.07. The zero-order chi connectivity index (χ0) is 13.3. The van der Waals surface area contributed by atoms with Gasteiger partial charge < -0.3 is 4.57 Å². The normalized spacial score (nSPS) is 12.4. The van der Waals surface area contributed by atoms with E-state index in [1.807, 2.05) is 37.3 Å². The fourth-order valence-corrected chi connectivity index (χ4v) is 2.07. The van der Waals surface area contributed by atoms with E-state index in [4.69, 9.17) is 0 Å². The minimum absolute atomic E-state index is 0.227. The summed E-state index contributed by atoms with van der Waals surface area (Å²) in [6, 6.07) is 9.27. The summed E-state index contributed by atoms with van der Waals surface area (Å²) >= 11 is 0. The van der Waals surface area contributed by atoms with Gasteiger partial charge in [0.1, 0.15) is 0 Å². The molecule has 4 heteroatoms. The van der Waals surface area contributed by atoms with Crippen molar-refractivity contribution in [3.05, 3.63) is 68.5 Å². The van der Waals surface area contributed by atoms with Crippen molar-refractivity contribution in [2.24, 2.45) is 7.05 Å². The largest absolute Gasteiger partial charge is 0.331 e. The van der Waals surface area contributed by atoms with Crippen molar-refractivity contribution in [2.75, 3.05) is 0 Å². The Morgan fingerprint density at radius 3 is 2.33 bits per heavy atom. The van der Waals surface area contributed by atoms with Crippen LogP contribution in [0.4, 0.5) is 0 Å². The highest BCUT2D eigenvalue weighted by Gasteiger charge is 2.14. The Bertz CT molecular complexity index is 634. The van der Waals surface area contributed by atoms with E-state index >= 15 is 0 Å². The first-order chi connectivity index (χ1) is 8.52. The summed E-state index contributed by atoms with van der Waals surface area (Å²) in [7, 11) is 1.66. The Kier molecular flexibility index (Phi) is 3.19. The second kappa shape index (κ2) is 4.64. The first kappa shape index (κ1) is 12.4. The smallest absolute Gasteiger partial charge is 0.303 e. The molecule has 0 amide bonds. The summed E-state index contributed by atoms with van der Waals surface area (Å²) in [6.45, 7) is 3.58. The van der Waals surface area contributed by atoms with Crippen LogP contribution >= 0.6 is 0 Å². The summed E-state index contributed by atoms with van der Waals surface area (Å²) in [6.07, 6.45) is 1.57. The lowest BCUT2D eigenvalue weighted by Gasteiger charge is -2.16. The van der Waals surface area contributed by atoms with Gasteiger partial charge in [-0.15, -0.1) is 0 Å². The summed E-state index contributed by atoms with van der Waals surface area (Å²) in [5.41, 5.74) is 0.999. The molecule has 4 nitrogen and oxygen atoms in total. The highest BCUT2D eigenvalue weighted by Crippen LogP contribution is 2.13. The lowest BCUT2D eigenvalue weighted by atomic mass is 10.1. The van der Waals surface area contributed by atoms with E-state index in [9.17, 15) is 9.59 Å². The predicted molar refractivity (Wildman–Crippen MR) is 70.9 cm³/mol. The maximum Gasteiger partial charge on any atom is 0.331 e. The first-order valence-electron chi connectivity index (χ1n) is 5.86. The SMILES string of the molecule is Cc1cn(C)c(=O)n(C(C)c2ccccc2)c1=O. The van der Waals surface area contributed by atoms with Crippen LogP contribution in [0.2, 0.25) is 0 Å². The molecule has 0 bridgehead atoms. The van der Waals surface area contributed by atoms with Crippen LogP contribution in [0.1, 0.15) is 24.1 Å². The summed E-state index contributed by atoms with van der Waals surface area (Å²) < 4.78 is 2.74. The Balaban J connectivity index is 2.66. The molecule has 18 heavy (non-hydrogen) atoms. The molecule has 2 aromatic rings. The number of benzene rings is 1. The molecule has 0 fully saturated rings. The highest BCUT2D eigenvalue weighted by molar-refractivity contribution is 5.19. The van der Waals surface area contributed by atoms with Gasteiger partial charge in [-0.2, -0.15) is 0 Å². The van der Waals surface area contributed by atoms with E-state index in [-0.39, 0.29) is 17.3 Å². The van der Waals surface area contributed by atoms with Crippen LogP contribution in [-0.4, -0.2) is 9.13 Å². The van der Waals surface area contributed by atoms with Crippen molar-refractivity contribution in [2.45, 2.75) is 19.9 Å². The standard InChI is InChI=1S/C14H16N2O2/c1-10-9-15(3)14(18)16(13(10)17)11(2)12-7-5-4-6-8-12/h4-9,11H,1-3H3. The molecule has 1 atom stereocenters. The average molecular weight is 244 g/mol. The molecule has 1 aromatic carbocycles. The molecule has 1 unspecified atom stereocenters. The Hall–Kier alpha value is -2.10. The maximum atomic E-state index is 12.1. The Labute approximate surface area is 105 Å². The monoisotopic (exact) mass is 244 g/mol. The van der Waals surface area contributed by atoms with Crippen LogP contribution in [0.3, 0.4) is 0 Å². The molecule has 1 aromatic heterocycles. The van der Waals surface area contributed by atoms with Crippen LogP contribution < -0.4 is 11.2 Å². The average Bonchev–Trinajstić information content (AvgIpc) is 2.37. The molecule has 1 heterocycles. The van der Waals surface area contributed by atoms with Crippen LogP contribution in [0.15, 0.2) is 46.1 Å². The van der Waals surface area contributed by atoms with E-state index in [1.165, 1.54) is 9.13 Å². The second-order valence-electron chi connectivity index (χ2n) is 4.47. The highest BCUT2D eigenvalue weighted by atomic mass is 16.2. The van der Waals surface area contributed by atoms with Gasteiger partial charge in [0.05, 0.1) is 6.04 Å². The zero-order valence-corrected chi connectivity index (χ0v) is 10.8. The minimum Gasteiger partial charge on any atom is -0.303 e. The second-order valence-corrected chi connectivity index (χ2v) is 4.47. The van der Waals surface area contributed by atoms with E-state index in [0.29, 0.717) is 5.56 Å². The Morgan fingerprint density at radius 2 is 1.72 bits per heavy atom. The third-order valence-electron chi connectivity index (χ3n) is 3.12. The summed E-state index contributed by atoms with van der Waals surface area (Å²) in [5, 5.41) is 0. The topological polar surface area (TPSA) is 44.0 Å². The minimum atomic E-state index is -0.290. The van der Waals surface area contributed by atoms with E-state index in [0.717, 1.165) is 5.56 Å². The van der Waals surface area contributed by atoms with Crippen LogP contribution in [0, 0.1) is 6.92 Å². The van der Waals surface area contributed by atoms with Gasteiger partial charge in [0.15, 0.2) is 0 Å². The molecule has 0 N–H and O–H groups in total. The lowest BCUT2D eigenvalue weighted by Crippen LogP contribution is -2.41. The molecule has 0 spiro atoms. The summed E-state index contributed by atoms with van der Waals surface area (Å²) in [5.74, 6) is 0. The van der Waals surface area contributed by atoms with Crippen molar-refractivity contribution in [1.29, 1.82) is 0 Å². The summed E-state index contributed by atoms with van der Waals surface area (Å²) in [4.78, 5) is 24.2. The van der Waals surface area contributed by atoms with Gasteiger partial charge in [-0.05, 0) is 19.4 Å². The van der Waals surface area contributed by atoms with E-state index in [1.54, 1.807) is 20.2 Å². The van der Waals surface area contributed by atoms with Crippen molar-refractivity contribution in [1.82, 2.24) is 9.13 Å². The molecule has 0 aliphatic rings. The fraction of sp³-hybridized carbons (Fsp3) is 0.286. The van der Waals surface area contributed by atoms with Crippen LogP contribution in [0.5, 0.6) is 0 Å². The van der Waals surface area contributed by atoms with E-state index in [2.05, 4.69) is 0 Å². The van der Waals surface area contributed by atoms with Gasteiger partial charge >= 0.3 is 5.69 Å². The number of aromatic nitrogens is 2. The number of hydrogen-bond acceptors (Lipinski definition) is 2. The zero-order valence-electron chi connectivity index (χ0n) is 10.8. The van der Waals surface area contributed by atoms with Gasteiger partial charge in [0, 0.05) is 18.8 Å². The molecule has 0 saturated carbocycles. The van der Waals surface area contributed by atoms with Gasteiger partial charge in [0.2, 0.25) is 0 Å². The van der Waals surface area contributed by atoms with Crippen molar-refractivity contribution >= 4 is 0 Å². The molecule has 0 aliphatic heterocycles.